The highest BCUT2D eigenvalue weighted by atomic mass is 79.9. The van der Waals surface area contributed by atoms with Crippen LogP contribution in [0.1, 0.15) is 81.2 Å². The van der Waals surface area contributed by atoms with Crippen LogP contribution in [0.3, 0.4) is 0 Å². The molecule has 35 heavy (non-hydrogen) atoms. The van der Waals surface area contributed by atoms with E-state index in [2.05, 4.69) is 84.2 Å². The summed E-state index contributed by atoms with van der Waals surface area (Å²) in [4.78, 5) is 4.82. The van der Waals surface area contributed by atoms with Crippen LogP contribution >= 0.6 is 15.9 Å². The van der Waals surface area contributed by atoms with Gasteiger partial charge in [-0.15, -0.1) is 6.58 Å². The van der Waals surface area contributed by atoms with Crippen LogP contribution in [0.4, 0.5) is 5.82 Å². The number of anilines is 1. The van der Waals surface area contributed by atoms with Gasteiger partial charge in [-0.05, 0) is 97.2 Å². The maximum atomic E-state index is 8.73. The van der Waals surface area contributed by atoms with E-state index in [-0.39, 0.29) is 11.3 Å². The molecule has 188 valence electrons. The number of halogens is 1. The molecule has 4 nitrogen and oxygen atoms in total. The van der Waals surface area contributed by atoms with Crippen molar-refractivity contribution in [3.8, 4) is 0 Å². The number of nitrogens with zero attached hydrogens (tertiary/aromatic N) is 1. The van der Waals surface area contributed by atoms with Gasteiger partial charge in [0.15, 0.2) is 0 Å². The molecule has 2 aromatic rings. The molecule has 1 unspecified atom stereocenters. The zero-order valence-corrected chi connectivity index (χ0v) is 23.4. The van der Waals surface area contributed by atoms with Crippen molar-refractivity contribution in [2.24, 2.45) is 0 Å². The number of aromatic nitrogens is 1. The Morgan fingerprint density at radius 3 is 2.80 bits per heavy atom. The average Bonchev–Trinajstić information content (AvgIpc) is 2.82. The summed E-state index contributed by atoms with van der Waals surface area (Å²) in [6.07, 6.45) is 10.7. The van der Waals surface area contributed by atoms with Crippen molar-refractivity contribution in [2.45, 2.75) is 77.0 Å². The van der Waals surface area contributed by atoms with Crippen molar-refractivity contribution in [1.29, 1.82) is 5.41 Å². The minimum absolute atomic E-state index is 0.0763. The van der Waals surface area contributed by atoms with E-state index >= 15 is 0 Å². The molecule has 0 radical (unpaired) electrons. The average molecular weight is 538 g/mol. The summed E-state index contributed by atoms with van der Waals surface area (Å²) in [5.41, 5.74) is 6.87. The number of benzene rings is 1. The highest BCUT2D eigenvalue weighted by Crippen LogP contribution is 2.33. The van der Waals surface area contributed by atoms with E-state index in [9.17, 15) is 0 Å². The molecule has 0 bridgehead atoms. The number of hydrogen-bond acceptors (Lipinski definition) is 4. The van der Waals surface area contributed by atoms with Crippen molar-refractivity contribution in [3.63, 3.8) is 0 Å². The molecule has 2 heterocycles. The second kappa shape index (κ2) is 12.5. The molecule has 3 N–H and O–H groups in total. The van der Waals surface area contributed by atoms with Crippen LogP contribution < -0.4 is 10.6 Å². The van der Waals surface area contributed by atoms with Gasteiger partial charge < -0.3 is 16.0 Å². The van der Waals surface area contributed by atoms with Gasteiger partial charge in [-0.25, -0.2) is 4.98 Å². The first-order valence-electron chi connectivity index (χ1n) is 12.8. The fraction of sp³-hybridized carbons (Fsp3) is 0.467. The zero-order chi connectivity index (χ0) is 25.4. The Hall–Kier alpha value is -2.40. The van der Waals surface area contributed by atoms with Gasteiger partial charge in [0.2, 0.25) is 0 Å². The van der Waals surface area contributed by atoms with Crippen LogP contribution in [0.15, 0.2) is 59.2 Å². The molecule has 1 aliphatic rings. The maximum Gasteiger partial charge on any atom is 0.129 e. The molecule has 1 aromatic carbocycles. The van der Waals surface area contributed by atoms with Crippen molar-refractivity contribution >= 4 is 27.5 Å². The monoisotopic (exact) mass is 536 g/mol. The van der Waals surface area contributed by atoms with Gasteiger partial charge in [-0.3, -0.25) is 0 Å². The lowest BCUT2D eigenvalue weighted by Gasteiger charge is -2.23. The molecule has 1 aliphatic heterocycles. The second-order valence-electron chi connectivity index (χ2n) is 10.6. The summed E-state index contributed by atoms with van der Waals surface area (Å²) < 4.78 is 1.10. The van der Waals surface area contributed by atoms with Crippen molar-refractivity contribution in [1.82, 2.24) is 10.3 Å². The summed E-state index contributed by atoms with van der Waals surface area (Å²) in [5, 5.41) is 15.5. The molecule has 1 atom stereocenters. The second-order valence-corrected chi connectivity index (χ2v) is 11.5. The van der Waals surface area contributed by atoms with E-state index in [1.807, 2.05) is 19.2 Å². The lowest BCUT2D eigenvalue weighted by molar-refractivity contribution is 0.587. The lowest BCUT2D eigenvalue weighted by atomic mass is 9.82. The first-order valence-corrected chi connectivity index (χ1v) is 13.6. The third-order valence-electron chi connectivity index (χ3n) is 6.68. The van der Waals surface area contributed by atoms with Crippen LogP contribution in [0.2, 0.25) is 0 Å². The van der Waals surface area contributed by atoms with Crippen LogP contribution in [0, 0.1) is 5.41 Å². The zero-order valence-electron chi connectivity index (χ0n) is 21.8. The SMILES string of the molecule is C=CCC(CC(=N)/C=C(/CCCc1ccc2c(n1)NCCC2)NC)c1cc(Br)cc(C(C)(C)C)c1. The number of fused-ring (bicyclic) bond motifs is 1. The fourth-order valence-corrected chi connectivity index (χ4v) is 5.10. The number of pyridine rings is 1. The minimum atomic E-state index is 0.0763. The summed E-state index contributed by atoms with van der Waals surface area (Å²) >= 11 is 3.70. The minimum Gasteiger partial charge on any atom is -0.391 e. The van der Waals surface area contributed by atoms with Crippen LogP contribution in [-0.4, -0.2) is 24.3 Å². The highest BCUT2D eigenvalue weighted by Gasteiger charge is 2.19. The Balaban J connectivity index is 1.63. The highest BCUT2D eigenvalue weighted by molar-refractivity contribution is 9.10. The molecule has 0 amide bonds. The molecule has 0 saturated carbocycles. The smallest absolute Gasteiger partial charge is 0.129 e. The van der Waals surface area contributed by atoms with Gasteiger partial charge in [-0.1, -0.05) is 54.9 Å². The topological polar surface area (TPSA) is 60.8 Å². The molecule has 0 fully saturated rings. The molecule has 0 saturated heterocycles. The van der Waals surface area contributed by atoms with Crippen molar-refractivity contribution < 1.29 is 0 Å². The fourth-order valence-electron chi connectivity index (χ4n) is 4.59. The van der Waals surface area contributed by atoms with E-state index in [1.165, 1.54) is 23.1 Å². The number of rotatable bonds is 11. The summed E-state index contributed by atoms with van der Waals surface area (Å²) in [6, 6.07) is 11.1. The molecule has 0 aliphatic carbocycles. The lowest BCUT2D eigenvalue weighted by Crippen LogP contribution is -2.14. The van der Waals surface area contributed by atoms with Gasteiger partial charge >= 0.3 is 0 Å². The van der Waals surface area contributed by atoms with Gasteiger partial charge in [0.25, 0.3) is 0 Å². The molecule has 5 heteroatoms. The van der Waals surface area contributed by atoms with Crippen LogP contribution in [0.5, 0.6) is 0 Å². The molecular weight excluding hydrogens is 496 g/mol. The van der Waals surface area contributed by atoms with Gasteiger partial charge in [0, 0.05) is 35.2 Å². The van der Waals surface area contributed by atoms with E-state index in [0.29, 0.717) is 12.1 Å². The third-order valence-corrected chi connectivity index (χ3v) is 7.13. The predicted octanol–water partition coefficient (Wildman–Crippen LogP) is 7.70. The van der Waals surface area contributed by atoms with E-state index < -0.39 is 0 Å². The summed E-state index contributed by atoms with van der Waals surface area (Å²) in [7, 11) is 1.95. The van der Waals surface area contributed by atoms with Gasteiger partial charge in [0.1, 0.15) is 5.82 Å². The number of allylic oxidation sites excluding steroid dienone is 3. The normalized spacial score (nSPS) is 14.6. The Labute approximate surface area is 220 Å². The number of aryl methyl sites for hydroxylation is 2. The van der Waals surface area contributed by atoms with E-state index in [1.54, 1.807) is 0 Å². The number of hydrogen-bond donors (Lipinski definition) is 3. The Bertz CT molecular complexity index is 1060. The van der Waals surface area contributed by atoms with E-state index in [4.69, 9.17) is 10.4 Å². The van der Waals surface area contributed by atoms with Crippen molar-refractivity contribution in [3.05, 3.63) is 81.6 Å². The van der Waals surface area contributed by atoms with Gasteiger partial charge in [-0.2, -0.15) is 0 Å². The predicted molar refractivity (Wildman–Crippen MR) is 154 cm³/mol. The molecule has 0 spiro atoms. The largest absolute Gasteiger partial charge is 0.391 e. The Morgan fingerprint density at radius 1 is 1.29 bits per heavy atom. The Morgan fingerprint density at radius 2 is 2.09 bits per heavy atom. The standard InChI is InChI=1S/C30H41BrN4/c1-6-9-22(23-16-24(30(2,3)4)19-25(31)17-23)18-26(32)20-28(33-5)12-7-11-27-14-13-21-10-8-15-34-29(21)35-27/h6,13-14,16-17,19-20,22,32-33H,1,7-12,15,18H2,2-5H3,(H,34,35)/b28-20-,32-26?. The first kappa shape index (κ1) is 27.2. The van der Waals surface area contributed by atoms with Gasteiger partial charge in [0.05, 0.1) is 0 Å². The van der Waals surface area contributed by atoms with Crippen molar-refractivity contribution in [2.75, 3.05) is 18.9 Å². The van der Waals surface area contributed by atoms with Crippen LogP contribution in [0.25, 0.3) is 0 Å². The number of nitrogens with one attached hydrogen (secondary N) is 3. The molecule has 3 rings (SSSR count). The maximum absolute atomic E-state index is 8.73. The first-order chi connectivity index (χ1) is 16.7. The quantitative estimate of drug-likeness (QED) is 0.203. The van der Waals surface area contributed by atoms with E-state index in [0.717, 1.165) is 60.3 Å². The molecular formula is C30H41BrN4. The summed E-state index contributed by atoms with van der Waals surface area (Å²) in [6.45, 7) is 11.7. The third kappa shape index (κ3) is 8.06. The molecule has 1 aromatic heterocycles. The van der Waals surface area contributed by atoms with Crippen LogP contribution in [-0.2, 0) is 18.3 Å². The summed E-state index contributed by atoms with van der Waals surface area (Å²) in [5.74, 6) is 1.30. The Kier molecular flexibility index (Phi) is 9.73.